The molecule has 234 valence electrons. The van der Waals surface area contributed by atoms with E-state index in [9.17, 15) is 15.4 Å². The largest absolute Gasteiger partial charge is 0.462 e. The smallest absolute Gasteiger partial charge is 0.309 e. The van der Waals surface area contributed by atoms with Gasteiger partial charge < -0.3 is 23.9 Å². The predicted octanol–water partition coefficient (Wildman–Crippen LogP) is 7.49. The van der Waals surface area contributed by atoms with Crippen LogP contribution in [0.1, 0.15) is 64.2 Å². The molecule has 3 rings (SSSR count). The van der Waals surface area contributed by atoms with Crippen molar-refractivity contribution in [2.45, 2.75) is 104 Å². The van der Waals surface area contributed by atoms with Crippen LogP contribution < -0.4 is 0 Å². The van der Waals surface area contributed by atoms with Crippen LogP contribution in [0.25, 0.3) is 21.3 Å². The van der Waals surface area contributed by atoms with E-state index in [0.29, 0.717) is 26.2 Å². The fourth-order valence-electron chi connectivity index (χ4n) is 5.87. The topological polar surface area (TPSA) is 119 Å². The van der Waals surface area contributed by atoms with Crippen LogP contribution in [-0.4, -0.2) is 56.2 Å². The molecule has 1 fully saturated rings. The Kier molecular flexibility index (Phi) is 12.5. The molecule has 3 unspecified atom stereocenters. The molecule has 5 atom stereocenters. The summed E-state index contributed by atoms with van der Waals surface area (Å²) in [4.78, 5) is 15.6. The van der Waals surface area contributed by atoms with E-state index in [1.807, 2.05) is 19.9 Å². The van der Waals surface area contributed by atoms with E-state index in [0.717, 1.165) is 42.0 Å². The highest BCUT2D eigenvalue weighted by Crippen LogP contribution is 2.38. The highest BCUT2D eigenvalue weighted by Gasteiger charge is 2.41. The first-order chi connectivity index (χ1) is 19.9. The van der Waals surface area contributed by atoms with Crippen LogP contribution in [0.4, 0.5) is 0 Å². The van der Waals surface area contributed by atoms with Gasteiger partial charge in [0.15, 0.2) is 0 Å². The van der Waals surface area contributed by atoms with Gasteiger partial charge in [-0.05, 0) is 78.3 Å². The number of azide groups is 1. The van der Waals surface area contributed by atoms with Crippen molar-refractivity contribution < 1.29 is 24.1 Å². The minimum Gasteiger partial charge on any atom is -0.462 e. The first kappa shape index (κ1) is 34.1. The average molecular weight is 601 g/mol. The maximum Gasteiger partial charge on any atom is 0.309 e. The van der Waals surface area contributed by atoms with Crippen molar-refractivity contribution in [3.63, 3.8) is 0 Å². The molecule has 0 amide bonds. The predicted molar refractivity (Wildman–Crippen MR) is 170 cm³/mol. The zero-order valence-electron chi connectivity index (χ0n) is 26.9. The summed E-state index contributed by atoms with van der Waals surface area (Å²) < 4.78 is 19.2. The summed E-state index contributed by atoms with van der Waals surface area (Å²) in [6.45, 7) is 17.1. The SMILES string of the molecule is COCCCc1cn(COCC[Si](C)(C)C)c2ccc([C@H](O)[C@@H](CC(N=[N+]=[N-])C3CC(C(C)C)C(=O)O3)C(C)C)cc12. The monoisotopic (exact) mass is 600 g/mol. The first-order valence-electron chi connectivity index (χ1n) is 15.5. The van der Waals surface area contributed by atoms with E-state index in [1.54, 1.807) is 7.11 Å². The van der Waals surface area contributed by atoms with Crippen molar-refractivity contribution in [2.75, 3.05) is 20.3 Å². The van der Waals surface area contributed by atoms with Crippen molar-refractivity contribution in [3.8, 4) is 0 Å². The van der Waals surface area contributed by atoms with Gasteiger partial charge in [0.2, 0.25) is 0 Å². The molecule has 1 saturated heterocycles. The molecule has 0 spiro atoms. The molecule has 10 heteroatoms. The number of aliphatic hydroxyl groups excluding tert-OH is 1. The Balaban J connectivity index is 1.86. The lowest BCUT2D eigenvalue weighted by Gasteiger charge is -2.30. The second kappa shape index (κ2) is 15.4. The Hall–Kier alpha value is -2.36. The molecule has 1 aliphatic rings. The molecule has 0 radical (unpaired) electrons. The van der Waals surface area contributed by atoms with Gasteiger partial charge in [0.25, 0.3) is 0 Å². The number of aromatic nitrogens is 1. The lowest BCUT2D eigenvalue weighted by molar-refractivity contribution is -0.146. The quantitative estimate of drug-likeness (QED) is 0.0504. The summed E-state index contributed by atoms with van der Waals surface area (Å²) in [5.41, 5.74) is 12.5. The zero-order chi connectivity index (χ0) is 31.0. The molecule has 0 saturated carbocycles. The number of hydrogen-bond acceptors (Lipinski definition) is 6. The molecule has 1 N–H and O–H groups in total. The number of nitrogens with zero attached hydrogens (tertiary/aromatic N) is 4. The summed E-state index contributed by atoms with van der Waals surface area (Å²) >= 11 is 0. The van der Waals surface area contributed by atoms with Crippen molar-refractivity contribution in [1.82, 2.24) is 4.57 Å². The molecule has 2 aromatic rings. The second-order valence-electron chi connectivity index (χ2n) is 13.8. The molecular formula is C32H52N4O5Si. The van der Waals surface area contributed by atoms with E-state index in [1.165, 1.54) is 5.56 Å². The summed E-state index contributed by atoms with van der Waals surface area (Å²) in [5, 5.41) is 16.9. The molecule has 2 heterocycles. The second-order valence-corrected chi connectivity index (χ2v) is 19.4. The zero-order valence-corrected chi connectivity index (χ0v) is 27.9. The molecule has 42 heavy (non-hydrogen) atoms. The Morgan fingerprint density at radius 1 is 1.21 bits per heavy atom. The average Bonchev–Trinajstić information content (AvgIpc) is 3.48. The van der Waals surface area contributed by atoms with Crippen molar-refractivity contribution in [3.05, 3.63) is 46.0 Å². The van der Waals surface area contributed by atoms with Gasteiger partial charge in [-0.1, -0.05) is 58.5 Å². The van der Waals surface area contributed by atoms with Gasteiger partial charge in [0.05, 0.1) is 23.6 Å². The number of aryl methyl sites for hydroxylation is 1. The van der Waals surface area contributed by atoms with Crippen LogP contribution in [0, 0.1) is 23.7 Å². The van der Waals surface area contributed by atoms with Gasteiger partial charge in [-0.2, -0.15) is 0 Å². The Labute approximate surface area is 252 Å². The van der Waals surface area contributed by atoms with E-state index in [4.69, 9.17) is 14.2 Å². The fraction of sp³-hybridized carbons (Fsp3) is 0.719. The Bertz CT molecular complexity index is 1220. The number of benzene rings is 1. The number of esters is 1. The van der Waals surface area contributed by atoms with Crippen LogP contribution in [-0.2, 0) is 32.2 Å². The number of ether oxygens (including phenoxy) is 3. The number of carbonyl (C=O) groups excluding carboxylic acids is 1. The van der Waals surface area contributed by atoms with Gasteiger partial charge in [-0.25, -0.2) is 0 Å². The summed E-state index contributed by atoms with van der Waals surface area (Å²) in [6.07, 6.45) is 3.65. The lowest BCUT2D eigenvalue weighted by atomic mass is 9.80. The van der Waals surface area contributed by atoms with Gasteiger partial charge in [-0.3, -0.25) is 4.79 Å². The third-order valence-corrected chi connectivity index (χ3v) is 10.3. The van der Waals surface area contributed by atoms with E-state index >= 15 is 0 Å². The highest BCUT2D eigenvalue weighted by atomic mass is 28.3. The standard InChI is InChI=1S/C32H52N4O5Si/c1-21(2)25(17-28(34-35-33)30-18-26(22(3)4)32(38)41-30)31(37)23-11-12-29-27(16-23)24(10-9-13-39-5)19-36(29)20-40-14-15-42(6,7)8/h11-12,16,19,21-22,25-26,28,30-31,37H,9-10,13-15,17-18,20H2,1-8H3/t25-,26?,28?,30?,31-/m0/s1. The Morgan fingerprint density at radius 2 is 1.95 bits per heavy atom. The third kappa shape index (κ3) is 9.07. The fourth-order valence-corrected chi connectivity index (χ4v) is 6.63. The number of fused-ring (bicyclic) bond motifs is 1. The lowest BCUT2D eigenvalue weighted by Crippen LogP contribution is -2.30. The molecule has 1 aliphatic heterocycles. The molecule has 9 nitrogen and oxygen atoms in total. The summed E-state index contributed by atoms with van der Waals surface area (Å²) in [5.74, 6) is -0.357. The van der Waals surface area contributed by atoms with E-state index in [2.05, 4.69) is 66.4 Å². The molecular weight excluding hydrogens is 548 g/mol. The van der Waals surface area contributed by atoms with Crippen LogP contribution in [0.5, 0.6) is 0 Å². The van der Waals surface area contributed by atoms with Crippen LogP contribution in [0.2, 0.25) is 25.7 Å². The van der Waals surface area contributed by atoms with Gasteiger partial charge in [0, 0.05) is 44.9 Å². The number of rotatable bonds is 17. The Morgan fingerprint density at radius 3 is 2.55 bits per heavy atom. The number of cyclic esters (lactones) is 1. The maximum absolute atomic E-state index is 12.5. The molecule has 1 aromatic heterocycles. The van der Waals surface area contributed by atoms with Crippen LogP contribution in [0.3, 0.4) is 0 Å². The van der Waals surface area contributed by atoms with Gasteiger partial charge in [0.1, 0.15) is 12.8 Å². The molecule has 1 aromatic carbocycles. The minimum absolute atomic E-state index is 0.107. The number of hydrogen-bond donors (Lipinski definition) is 1. The van der Waals surface area contributed by atoms with Crippen LogP contribution in [0.15, 0.2) is 29.5 Å². The van der Waals surface area contributed by atoms with Crippen molar-refractivity contribution in [2.24, 2.45) is 28.8 Å². The summed E-state index contributed by atoms with van der Waals surface area (Å²) in [6, 6.07) is 6.75. The summed E-state index contributed by atoms with van der Waals surface area (Å²) in [7, 11) is 0.547. The maximum atomic E-state index is 12.5. The first-order valence-corrected chi connectivity index (χ1v) is 19.2. The van der Waals surface area contributed by atoms with E-state index in [-0.39, 0.29) is 29.6 Å². The van der Waals surface area contributed by atoms with Crippen molar-refractivity contribution >= 4 is 24.9 Å². The number of methoxy groups -OCH3 is 1. The molecule has 0 bridgehead atoms. The normalized spacial score (nSPS) is 19.7. The van der Waals surface area contributed by atoms with Gasteiger partial charge >= 0.3 is 5.97 Å². The number of aliphatic hydroxyl groups is 1. The van der Waals surface area contributed by atoms with Crippen molar-refractivity contribution in [1.29, 1.82) is 0 Å². The van der Waals surface area contributed by atoms with Gasteiger partial charge in [-0.15, -0.1) is 0 Å². The number of carbonyl (C=O) groups is 1. The highest BCUT2D eigenvalue weighted by molar-refractivity contribution is 6.76. The van der Waals surface area contributed by atoms with E-state index < -0.39 is 26.3 Å². The van der Waals surface area contributed by atoms with Crippen LogP contribution >= 0.6 is 0 Å². The third-order valence-electron chi connectivity index (χ3n) is 8.62. The minimum atomic E-state index is -1.17. The molecule has 0 aliphatic carbocycles.